The lowest BCUT2D eigenvalue weighted by Crippen LogP contribution is -2.30. The van der Waals surface area contributed by atoms with Crippen LogP contribution in [0.3, 0.4) is 0 Å². The fourth-order valence-electron chi connectivity index (χ4n) is 2.57. The molecule has 0 spiro atoms. The summed E-state index contributed by atoms with van der Waals surface area (Å²) in [5.74, 6) is 0.927. The molecule has 1 N–H and O–H groups in total. The number of hydrogen-bond acceptors (Lipinski definition) is 2. The summed E-state index contributed by atoms with van der Waals surface area (Å²) in [5, 5.41) is 4.40. The Balaban J connectivity index is 1.98. The van der Waals surface area contributed by atoms with Crippen molar-refractivity contribution in [3.05, 3.63) is 64.7 Å². The van der Waals surface area contributed by atoms with Crippen LogP contribution in [0.1, 0.15) is 31.0 Å². The number of nitrogens with one attached hydrogen (secondary N) is 1. The minimum absolute atomic E-state index is 0.239. The predicted molar refractivity (Wildman–Crippen MR) is 89.2 cm³/mol. The Bertz CT molecular complexity index is 568. The van der Waals surface area contributed by atoms with Crippen LogP contribution in [-0.2, 0) is 6.42 Å². The van der Waals surface area contributed by atoms with Gasteiger partial charge in [0.15, 0.2) is 0 Å². The first-order chi connectivity index (χ1) is 10.1. The predicted octanol–water partition coefficient (Wildman–Crippen LogP) is 4.63. The van der Waals surface area contributed by atoms with Crippen LogP contribution in [0.15, 0.2) is 48.5 Å². The maximum Gasteiger partial charge on any atom is 0.123 e. The van der Waals surface area contributed by atoms with Crippen LogP contribution in [0, 0.1) is 0 Å². The lowest BCUT2D eigenvalue weighted by molar-refractivity contribution is 0.395. The molecular formula is C18H22ClNO. The summed E-state index contributed by atoms with van der Waals surface area (Å²) in [6.45, 7) is 4.36. The van der Waals surface area contributed by atoms with Crippen LogP contribution in [0.2, 0.25) is 5.02 Å². The summed E-state index contributed by atoms with van der Waals surface area (Å²) in [7, 11) is 1.71. The molecule has 0 bridgehead atoms. The first kappa shape index (κ1) is 15.9. The van der Waals surface area contributed by atoms with E-state index in [1.54, 1.807) is 7.11 Å². The largest absolute Gasteiger partial charge is 0.496 e. The minimum atomic E-state index is 0.239. The second-order valence-corrected chi connectivity index (χ2v) is 5.80. The van der Waals surface area contributed by atoms with Crippen LogP contribution in [0.25, 0.3) is 0 Å². The van der Waals surface area contributed by atoms with Gasteiger partial charge in [-0.25, -0.2) is 0 Å². The highest BCUT2D eigenvalue weighted by Crippen LogP contribution is 2.25. The van der Waals surface area contributed by atoms with Gasteiger partial charge in [0.2, 0.25) is 0 Å². The van der Waals surface area contributed by atoms with Gasteiger partial charge >= 0.3 is 0 Å². The van der Waals surface area contributed by atoms with Gasteiger partial charge in [0.25, 0.3) is 0 Å². The fraction of sp³-hybridized carbons (Fsp3) is 0.333. The van der Waals surface area contributed by atoms with Gasteiger partial charge in [-0.15, -0.1) is 0 Å². The Hall–Kier alpha value is -1.51. The van der Waals surface area contributed by atoms with Gasteiger partial charge in [-0.2, -0.15) is 0 Å². The molecule has 0 saturated carbocycles. The number of methoxy groups -OCH3 is 1. The second kappa shape index (κ2) is 7.48. The van der Waals surface area contributed by atoms with Crippen LogP contribution >= 0.6 is 11.6 Å². The summed E-state index contributed by atoms with van der Waals surface area (Å²) in [6, 6.07) is 16.8. The van der Waals surface area contributed by atoms with Gasteiger partial charge in [-0.05, 0) is 44.0 Å². The molecule has 3 heteroatoms. The van der Waals surface area contributed by atoms with E-state index < -0.39 is 0 Å². The highest BCUT2D eigenvalue weighted by Gasteiger charge is 2.13. The Kier molecular flexibility index (Phi) is 5.66. The number of para-hydroxylation sites is 1. The molecule has 0 aliphatic heterocycles. The van der Waals surface area contributed by atoms with Gasteiger partial charge in [0.05, 0.1) is 7.11 Å². The van der Waals surface area contributed by atoms with Crippen LogP contribution in [-0.4, -0.2) is 13.2 Å². The average Bonchev–Trinajstić information content (AvgIpc) is 2.49. The van der Waals surface area contributed by atoms with E-state index in [2.05, 4.69) is 37.4 Å². The molecule has 21 heavy (non-hydrogen) atoms. The molecule has 0 fully saturated rings. The SMILES string of the molecule is COc1ccccc1[C@H](C)NC(C)Cc1ccc(Cl)cc1. The topological polar surface area (TPSA) is 21.3 Å². The smallest absolute Gasteiger partial charge is 0.123 e. The Morgan fingerprint density at radius 1 is 1.05 bits per heavy atom. The summed E-state index contributed by atoms with van der Waals surface area (Å²) < 4.78 is 5.42. The van der Waals surface area contributed by atoms with Gasteiger partial charge in [0, 0.05) is 22.7 Å². The van der Waals surface area contributed by atoms with Gasteiger partial charge in [-0.1, -0.05) is 41.9 Å². The van der Waals surface area contributed by atoms with Crippen molar-refractivity contribution in [2.75, 3.05) is 7.11 Å². The minimum Gasteiger partial charge on any atom is -0.496 e. The second-order valence-electron chi connectivity index (χ2n) is 5.36. The molecule has 2 nitrogen and oxygen atoms in total. The van der Waals surface area contributed by atoms with E-state index in [0.29, 0.717) is 6.04 Å². The standard InChI is InChI=1S/C18H22ClNO/c1-13(12-15-8-10-16(19)11-9-15)20-14(2)17-6-4-5-7-18(17)21-3/h4-11,13-14,20H,12H2,1-3H3/t13?,14-/m0/s1. The van der Waals surface area contributed by atoms with Crippen molar-refractivity contribution in [3.63, 3.8) is 0 Å². The van der Waals surface area contributed by atoms with E-state index in [0.717, 1.165) is 17.2 Å². The molecule has 0 aliphatic rings. The molecule has 1 unspecified atom stereocenters. The molecule has 2 rings (SSSR count). The van der Waals surface area contributed by atoms with E-state index in [1.165, 1.54) is 11.1 Å². The third kappa shape index (κ3) is 4.48. The Labute approximate surface area is 132 Å². The molecule has 2 atom stereocenters. The maximum atomic E-state index is 5.92. The number of benzene rings is 2. The quantitative estimate of drug-likeness (QED) is 0.840. The maximum absolute atomic E-state index is 5.92. The Morgan fingerprint density at radius 2 is 1.71 bits per heavy atom. The summed E-state index contributed by atoms with van der Waals surface area (Å²) >= 11 is 5.92. The van der Waals surface area contributed by atoms with Crippen molar-refractivity contribution in [1.82, 2.24) is 5.32 Å². The number of ether oxygens (including phenoxy) is 1. The van der Waals surface area contributed by atoms with Crippen molar-refractivity contribution < 1.29 is 4.74 Å². The zero-order valence-electron chi connectivity index (χ0n) is 12.8. The van der Waals surface area contributed by atoms with E-state index >= 15 is 0 Å². The van der Waals surface area contributed by atoms with E-state index in [4.69, 9.17) is 16.3 Å². The third-order valence-corrected chi connectivity index (χ3v) is 3.85. The highest BCUT2D eigenvalue weighted by atomic mass is 35.5. The van der Waals surface area contributed by atoms with Crippen LogP contribution in [0.5, 0.6) is 5.75 Å². The van der Waals surface area contributed by atoms with Crippen molar-refractivity contribution in [3.8, 4) is 5.75 Å². The van der Waals surface area contributed by atoms with Gasteiger partial charge in [0.1, 0.15) is 5.75 Å². The van der Waals surface area contributed by atoms with Gasteiger partial charge < -0.3 is 10.1 Å². The number of halogens is 1. The third-order valence-electron chi connectivity index (χ3n) is 3.60. The van der Waals surface area contributed by atoms with Crippen LogP contribution in [0.4, 0.5) is 0 Å². The number of rotatable bonds is 6. The molecule has 2 aromatic carbocycles. The lowest BCUT2D eigenvalue weighted by atomic mass is 10.0. The molecule has 0 saturated heterocycles. The van der Waals surface area contributed by atoms with E-state index in [-0.39, 0.29) is 6.04 Å². The van der Waals surface area contributed by atoms with Crippen molar-refractivity contribution in [1.29, 1.82) is 0 Å². The summed E-state index contributed by atoms with van der Waals surface area (Å²) in [6.07, 6.45) is 0.969. The summed E-state index contributed by atoms with van der Waals surface area (Å²) in [4.78, 5) is 0. The molecule has 0 amide bonds. The zero-order chi connectivity index (χ0) is 15.2. The molecular weight excluding hydrogens is 282 g/mol. The molecule has 0 radical (unpaired) electrons. The van der Waals surface area contributed by atoms with Crippen molar-refractivity contribution in [2.24, 2.45) is 0 Å². The lowest BCUT2D eigenvalue weighted by Gasteiger charge is -2.22. The first-order valence-corrected chi connectivity index (χ1v) is 7.61. The van der Waals surface area contributed by atoms with E-state index in [9.17, 15) is 0 Å². The first-order valence-electron chi connectivity index (χ1n) is 7.23. The molecule has 0 aliphatic carbocycles. The summed E-state index contributed by atoms with van der Waals surface area (Å²) in [5.41, 5.74) is 2.47. The number of hydrogen-bond donors (Lipinski definition) is 1. The molecule has 112 valence electrons. The van der Waals surface area contributed by atoms with Crippen molar-refractivity contribution >= 4 is 11.6 Å². The Morgan fingerprint density at radius 3 is 2.38 bits per heavy atom. The molecule has 0 heterocycles. The average molecular weight is 304 g/mol. The fourth-order valence-corrected chi connectivity index (χ4v) is 2.70. The van der Waals surface area contributed by atoms with Gasteiger partial charge in [-0.3, -0.25) is 0 Å². The van der Waals surface area contributed by atoms with Crippen molar-refractivity contribution in [2.45, 2.75) is 32.4 Å². The normalized spacial score (nSPS) is 13.7. The van der Waals surface area contributed by atoms with E-state index in [1.807, 2.05) is 30.3 Å². The molecule has 0 aromatic heterocycles. The molecule has 2 aromatic rings. The zero-order valence-corrected chi connectivity index (χ0v) is 13.5. The monoisotopic (exact) mass is 303 g/mol. The van der Waals surface area contributed by atoms with Crippen LogP contribution < -0.4 is 10.1 Å². The highest BCUT2D eigenvalue weighted by molar-refractivity contribution is 6.30.